The van der Waals surface area contributed by atoms with Gasteiger partial charge in [-0.3, -0.25) is 0 Å². The van der Waals surface area contributed by atoms with Gasteiger partial charge >= 0.3 is 0 Å². The van der Waals surface area contributed by atoms with Crippen LogP contribution in [0.4, 0.5) is 0 Å². The third-order valence-corrected chi connectivity index (χ3v) is 20.6. The predicted octanol–water partition coefficient (Wildman–Crippen LogP) is 18.6. The number of benzene rings is 7. The molecule has 420 valence electrons. The van der Waals surface area contributed by atoms with Crippen LogP contribution in [0.25, 0.3) is 53.0 Å². The molecule has 0 amide bonds. The van der Waals surface area contributed by atoms with Crippen LogP contribution in [0, 0.1) is 0 Å². The summed E-state index contributed by atoms with van der Waals surface area (Å²) in [6.07, 6.45) is -0.312. The number of aromatic nitrogens is 8. The van der Waals surface area contributed by atoms with Crippen molar-refractivity contribution in [3.05, 3.63) is 251 Å². The standard InChI is InChI=1S/C68H60N8O2S6/c1-43(2)77-51-35-36-52(78-44(3)4)54-53(51)61-69-62(54)71-64-56(80-38-46-25-13-6-14-26-46)58(82-40-48-29-17-8-18-30-48)66(73-64)75-68-60(84-42-50-33-21-10-22-34-50)59(83-41-49-31-19-9-20-32-49)67(76-68)74-65-57(81-39-47-27-15-7-16-28-47)55(63(70-61)72-65)79-37-45-23-11-5-12-24-45/h5-36,43-44H,37-42H2,1-4H3,(H2,69,70,71,72,73,74,75,76). The van der Waals surface area contributed by atoms with E-state index in [0.717, 1.165) is 40.2 Å². The Labute approximate surface area is 515 Å². The highest BCUT2D eigenvalue weighted by Gasteiger charge is 2.30. The molecule has 0 saturated carbocycles. The number of ether oxygens (including phenoxy) is 2. The van der Waals surface area contributed by atoms with Crippen LogP contribution in [-0.4, -0.2) is 52.1 Å². The van der Waals surface area contributed by atoms with Gasteiger partial charge in [0.2, 0.25) is 0 Å². The van der Waals surface area contributed by atoms with Crippen LogP contribution in [0.1, 0.15) is 84.4 Å². The fourth-order valence-corrected chi connectivity index (χ4v) is 16.2. The maximum atomic E-state index is 6.73. The van der Waals surface area contributed by atoms with Gasteiger partial charge in [0.05, 0.1) is 52.4 Å². The van der Waals surface area contributed by atoms with E-state index in [1.165, 1.54) is 33.4 Å². The predicted molar refractivity (Wildman–Crippen MR) is 358 cm³/mol. The maximum absolute atomic E-state index is 6.73. The number of fused-ring (bicyclic) bond motifs is 11. The molecule has 2 aliphatic rings. The summed E-state index contributed by atoms with van der Waals surface area (Å²) in [6, 6.07) is 67.4. The monoisotopic (exact) mass is 1210 g/mol. The fraction of sp³-hybridized carbons (Fsp3) is 0.176. The summed E-state index contributed by atoms with van der Waals surface area (Å²) in [5.74, 6) is 7.57. The zero-order valence-corrected chi connectivity index (χ0v) is 51.7. The lowest BCUT2D eigenvalue weighted by atomic mass is 10.1. The number of hydrogen-bond donors (Lipinski definition) is 2. The first-order chi connectivity index (χ1) is 41.3. The van der Waals surface area contributed by atoms with E-state index in [2.05, 4.69) is 192 Å². The highest BCUT2D eigenvalue weighted by molar-refractivity contribution is 8.13. The van der Waals surface area contributed by atoms with Crippen molar-refractivity contribution < 1.29 is 9.47 Å². The maximum Gasteiger partial charge on any atom is 0.171 e. The molecule has 84 heavy (non-hydrogen) atoms. The van der Waals surface area contributed by atoms with Crippen LogP contribution >= 0.6 is 70.6 Å². The van der Waals surface area contributed by atoms with Crippen LogP contribution in [0.2, 0.25) is 0 Å². The first kappa shape index (κ1) is 57.3. The average Bonchev–Trinajstić information content (AvgIpc) is 2.91. The molecule has 0 unspecified atom stereocenters. The molecule has 10 nitrogen and oxygen atoms in total. The van der Waals surface area contributed by atoms with Crippen molar-refractivity contribution in [1.29, 1.82) is 0 Å². The Bertz CT molecular complexity index is 3890. The van der Waals surface area contributed by atoms with Crippen LogP contribution in [-0.2, 0) is 34.5 Å². The summed E-state index contributed by atoms with van der Waals surface area (Å²) in [6.45, 7) is 8.15. The normalized spacial score (nSPS) is 12.5. The summed E-state index contributed by atoms with van der Waals surface area (Å²) >= 11 is 10.4. The molecule has 2 aliphatic heterocycles. The molecule has 0 aliphatic carbocycles. The molecule has 10 aromatic rings. The van der Waals surface area contributed by atoms with Crippen molar-refractivity contribution >= 4 is 124 Å². The van der Waals surface area contributed by atoms with Gasteiger partial charge < -0.3 is 19.4 Å². The Balaban J connectivity index is 1.19. The second kappa shape index (κ2) is 27.2. The highest BCUT2D eigenvalue weighted by Crippen LogP contribution is 2.49. The Morgan fingerprint density at radius 1 is 0.298 bits per heavy atom. The van der Waals surface area contributed by atoms with Crippen molar-refractivity contribution in [1.82, 2.24) is 39.9 Å². The Morgan fingerprint density at radius 2 is 0.536 bits per heavy atom. The van der Waals surface area contributed by atoms with Crippen molar-refractivity contribution in [2.24, 2.45) is 0 Å². The number of H-pyrrole nitrogens is 2. The fourth-order valence-electron chi connectivity index (χ4n) is 9.45. The van der Waals surface area contributed by atoms with E-state index in [4.69, 9.17) is 39.4 Å². The van der Waals surface area contributed by atoms with E-state index in [9.17, 15) is 0 Å². The molecule has 16 heteroatoms. The van der Waals surface area contributed by atoms with E-state index in [1.807, 2.05) is 39.8 Å². The second-order valence-corrected chi connectivity index (χ2v) is 26.3. The number of thioether (sulfide) groups is 6. The Morgan fingerprint density at radius 3 is 0.798 bits per heavy atom. The minimum atomic E-state index is -0.156. The minimum absolute atomic E-state index is 0.156. The molecule has 0 saturated heterocycles. The third-order valence-electron chi connectivity index (χ3n) is 13.3. The zero-order valence-electron chi connectivity index (χ0n) is 46.8. The molecule has 2 N–H and O–H groups in total. The van der Waals surface area contributed by atoms with Crippen molar-refractivity contribution in [3.63, 3.8) is 0 Å². The lowest BCUT2D eigenvalue weighted by Gasteiger charge is -2.15. The van der Waals surface area contributed by atoms with Gasteiger partial charge in [0.25, 0.3) is 0 Å². The summed E-state index contributed by atoms with van der Waals surface area (Å²) in [4.78, 5) is 47.1. The summed E-state index contributed by atoms with van der Waals surface area (Å²) in [7, 11) is 0. The lowest BCUT2D eigenvalue weighted by Crippen LogP contribution is -2.08. The molecule has 8 bridgehead atoms. The van der Waals surface area contributed by atoms with E-state index in [1.54, 1.807) is 70.6 Å². The third kappa shape index (κ3) is 13.8. The number of nitrogens with one attached hydrogen (secondary N) is 2. The van der Waals surface area contributed by atoms with Crippen molar-refractivity contribution in [3.8, 4) is 11.5 Å². The van der Waals surface area contributed by atoms with Crippen LogP contribution in [0.15, 0.2) is 204 Å². The molecule has 3 aromatic heterocycles. The minimum Gasteiger partial charge on any atom is -0.490 e. The second-order valence-electron chi connectivity index (χ2n) is 20.4. The molecular weight excluding hydrogens is 1150 g/mol. The van der Waals surface area contributed by atoms with Crippen molar-refractivity contribution in [2.45, 2.75) is 84.2 Å². The van der Waals surface area contributed by atoms with Gasteiger partial charge in [0.15, 0.2) is 23.3 Å². The van der Waals surface area contributed by atoms with E-state index < -0.39 is 0 Å². The molecule has 5 heterocycles. The van der Waals surface area contributed by atoms with Gasteiger partial charge in [0.1, 0.15) is 34.1 Å². The number of rotatable bonds is 22. The van der Waals surface area contributed by atoms with Gasteiger partial charge in [-0.2, -0.15) is 0 Å². The zero-order chi connectivity index (χ0) is 57.2. The quantitative estimate of drug-likeness (QED) is 0.0625. The molecule has 7 aromatic carbocycles. The molecule has 0 radical (unpaired) electrons. The van der Waals surface area contributed by atoms with E-state index >= 15 is 0 Å². The van der Waals surface area contributed by atoms with Crippen LogP contribution in [0.3, 0.4) is 0 Å². The smallest absolute Gasteiger partial charge is 0.171 e. The average molecular weight is 1210 g/mol. The van der Waals surface area contributed by atoms with Gasteiger partial charge in [-0.05, 0) is 73.2 Å². The summed E-state index contributed by atoms with van der Waals surface area (Å²) in [5, 5.41) is 1.46. The SMILES string of the molecule is CC(C)Oc1ccc(OC(C)C)c2c3nc4nc(nc5[nH]c(nc6nc(nc([nH]3)c12)C(SCc1ccccc1)=C6SCc1ccccc1)c(SCc1ccccc1)c5SCc1ccccc1)C(SCc1ccccc1)=C4SCc1ccccc1. The summed E-state index contributed by atoms with van der Waals surface area (Å²) < 4.78 is 13.5. The van der Waals surface area contributed by atoms with Gasteiger partial charge in [-0.25, -0.2) is 29.9 Å². The number of nitrogens with zero attached hydrogens (tertiary/aromatic N) is 6. The largest absolute Gasteiger partial charge is 0.490 e. The van der Waals surface area contributed by atoms with Gasteiger partial charge in [-0.15, -0.1) is 70.6 Å². The van der Waals surface area contributed by atoms with Crippen LogP contribution in [0.5, 0.6) is 11.5 Å². The van der Waals surface area contributed by atoms with E-state index in [-0.39, 0.29) is 12.2 Å². The first-order valence-electron chi connectivity index (χ1n) is 27.8. The molecule has 12 rings (SSSR count). The van der Waals surface area contributed by atoms with Gasteiger partial charge in [-0.1, -0.05) is 182 Å². The Kier molecular flexibility index (Phi) is 18.6. The summed E-state index contributed by atoms with van der Waals surface area (Å²) in [5.41, 5.74) is 9.49. The van der Waals surface area contributed by atoms with E-state index in [0.29, 0.717) is 91.9 Å². The topological polar surface area (TPSA) is 127 Å². The number of hydrogen-bond acceptors (Lipinski definition) is 14. The highest BCUT2D eigenvalue weighted by atomic mass is 32.2. The first-order valence-corrected chi connectivity index (χ1v) is 33.7. The number of aromatic amines is 2. The van der Waals surface area contributed by atoms with Crippen LogP contribution < -0.4 is 9.47 Å². The molecule has 0 spiro atoms. The van der Waals surface area contributed by atoms with Gasteiger partial charge in [0, 0.05) is 34.5 Å². The Hall–Kier alpha value is -7.18. The molecule has 0 atom stereocenters. The molecular formula is C68H60N8O2S6. The van der Waals surface area contributed by atoms with Crippen molar-refractivity contribution in [2.75, 3.05) is 0 Å². The lowest BCUT2D eigenvalue weighted by molar-refractivity contribution is 0.239. The molecule has 0 fully saturated rings.